The van der Waals surface area contributed by atoms with Gasteiger partial charge >= 0.3 is 5.69 Å². The molecule has 0 aromatic carbocycles. The Hall–Kier alpha value is -2.29. The molecule has 21 heavy (non-hydrogen) atoms. The first-order chi connectivity index (χ1) is 10.1. The van der Waals surface area contributed by atoms with Gasteiger partial charge in [0, 0.05) is 6.42 Å². The van der Waals surface area contributed by atoms with Gasteiger partial charge in [-0.15, -0.1) is 11.3 Å². The predicted octanol–water partition coefficient (Wildman–Crippen LogP) is 1.12. The summed E-state index contributed by atoms with van der Waals surface area (Å²) in [6.07, 6.45) is 0.712. The van der Waals surface area contributed by atoms with Crippen molar-refractivity contribution >= 4 is 11.3 Å². The van der Waals surface area contributed by atoms with E-state index in [1.165, 1.54) is 20.7 Å². The van der Waals surface area contributed by atoms with Gasteiger partial charge in [-0.25, -0.2) is 4.79 Å². The van der Waals surface area contributed by atoms with Gasteiger partial charge < -0.3 is 4.52 Å². The van der Waals surface area contributed by atoms with Gasteiger partial charge in [-0.2, -0.15) is 14.3 Å². The second-order valence-corrected chi connectivity index (χ2v) is 5.91. The molecule has 0 N–H and O–H groups in total. The first kappa shape index (κ1) is 13.7. The second kappa shape index (κ2) is 5.60. The molecule has 0 aliphatic carbocycles. The zero-order valence-electron chi connectivity index (χ0n) is 11.6. The third kappa shape index (κ3) is 2.92. The number of hydrogen-bond donors (Lipinski definition) is 0. The van der Waals surface area contributed by atoms with Crippen LogP contribution in [0.15, 0.2) is 26.8 Å². The third-order valence-corrected chi connectivity index (χ3v) is 3.58. The first-order valence-electron chi connectivity index (χ1n) is 6.51. The van der Waals surface area contributed by atoms with E-state index in [0.29, 0.717) is 24.1 Å². The fourth-order valence-corrected chi connectivity index (χ4v) is 2.49. The van der Waals surface area contributed by atoms with E-state index < -0.39 is 0 Å². The monoisotopic (exact) mass is 306 g/mol. The van der Waals surface area contributed by atoms with Crippen LogP contribution in [-0.2, 0) is 13.0 Å². The molecule has 0 aliphatic rings. The average molecular weight is 306 g/mol. The number of nitrogens with zero attached hydrogens (tertiary/aromatic N) is 6. The molecule has 0 spiro atoms. The molecule has 8 nitrogen and oxygen atoms in total. The number of aromatic nitrogens is 6. The van der Waals surface area contributed by atoms with Crippen LogP contribution in [0.2, 0.25) is 0 Å². The second-order valence-electron chi connectivity index (χ2n) is 4.98. The summed E-state index contributed by atoms with van der Waals surface area (Å²) in [5.41, 5.74) is -0.326. The summed E-state index contributed by atoms with van der Waals surface area (Å²) in [7, 11) is 0. The average Bonchev–Trinajstić information content (AvgIpc) is 3.13. The molecule has 0 bridgehead atoms. The van der Waals surface area contributed by atoms with Crippen molar-refractivity contribution in [2.24, 2.45) is 5.92 Å². The van der Waals surface area contributed by atoms with Gasteiger partial charge in [-0.1, -0.05) is 19.0 Å². The van der Waals surface area contributed by atoms with E-state index in [1.54, 1.807) is 6.07 Å². The summed E-state index contributed by atoms with van der Waals surface area (Å²) >= 11 is 1.42. The smallest absolute Gasteiger partial charge is 0.339 e. The van der Waals surface area contributed by atoms with Crippen LogP contribution in [-0.4, -0.2) is 29.9 Å². The summed E-state index contributed by atoms with van der Waals surface area (Å²) in [4.78, 5) is 16.4. The SMILES string of the molecule is CC(C)Cc1nc(Cn2nnn(-c3cccs3)c2=O)no1. The quantitative estimate of drug-likeness (QED) is 0.701. The maximum absolute atomic E-state index is 12.2. The highest BCUT2D eigenvalue weighted by Gasteiger charge is 2.13. The van der Waals surface area contributed by atoms with Crippen LogP contribution in [0, 0.1) is 5.92 Å². The van der Waals surface area contributed by atoms with E-state index in [2.05, 4.69) is 34.4 Å². The largest absolute Gasteiger partial charge is 0.369 e. The van der Waals surface area contributed by atoms with E-state index >= 15 is 0 Å². The number of thiophene rings is 1. The Bertz CT molecular complexity index is 770. The lowest BCUT2D eigenvalue weighted by atomic mass is 10.1. The van der Waals surface area contributed by atoms with Crippen LogP contribution < -0.4 is 5.69 Å². The molecule has 3 aromatic rings. The summed E-state index contributed by atoms with van der Waals surface area (Å²) in [6.45, 7) is 4.29. The van der Waals surface area contributed by atoms with Gasteiger partial charge in [0.25, 0.3) is 0 Å². The van der Waals surface area contributed by atoms with E-state index in [0.717, 1.165) is 5.00 Å². The Labute approximate surface area is 124 Å². The lowest BCUT2D eigenvalue weighted by Crippen LogP contribution is -2.24. The van der Waals surface area contributed by atoms with Crippen molar-refractivity contribution in [1.29, 1.82) is 0 Å². The maximum atomic E-state index is 12.2. The van der Waals surface area contributed by atoms with E-state index in [4.69, 9.17) is 4.52 Å². The van der Waals surface area contributed by atoms with Gasteiger partial charge in [0.1, 0.15) is 11.5 Å². The highest BCUT2D eigenvalue weighted by molar-refractivity contribution is 7.12. The van der Waals surface area contributed by atoms with Crippen molar-refractivity contribution in [3.63, 3.8) is 0 Å². The summed E-state index contributed by atoms with van der Waals surface area (Å²) in [5.74, 6) is 1.42. The molecule has 3 aromatic heterocycles. The minimum atomic E-state index is -0.326. The van der Waals surface area contributed by atoms with Crippen LogP contribution >= 0.6 is 11.3 Å². The van der Waals surface area contributed by atoms with E-state index in [1.807, 2.05) is 11.4 Å². The molecule has 0 aliphatic heterocycles. The molecule has 0 saturated heterocycles. The zero-order valence-corrected chi connectivity index (χ0v) is 12.4. The van der Waals surface area contributed by atoms with Gasteiger partial charge in [0.2, 0.25) is 5.89 Å². The normalized spacial score (nSPS) is 11.4. The van der Waals surface area contributed by atoms with Crippen molar-refractivity contribution in [2.75, 3.05) is 0 Å². The lowest BCUT2D eigenvalue weighted by Gasteiger charge is -1.96. The third-order valence-electron chi connectivity index (χ3n) is 2.74. The molecule has 9 heteroatoms. The zero-order chi connectivity index (χ0) is 14.8. The highest BCUT2D eigenvalue weighted by atomic mass is 32.1. The van der Waals surface area contributed by atoms with Crippen LogP contribution in [0.1, 0.15) is 25.6 Å². The Balaban J connectivity index is 1.80. The van der Waals surface area contributed by atoms with E-state index in [-0.39, 0.29) is 12.2 Å². The molecule has 0 unspecified atom stereocenters. The molecule has 110 valence electrons. The van der Waals surface area contributed by atoms with Gasteiger partial charge in [-0.05, 0) is 33.9 Å². The van der Waals surface area contributed by atoms with Gasteiger partial charge in [0.05, 0.1) is 0 Å². The van der Waals surface area contributed by atoms with Crippen molar-refractivity contribution in [3.8, 4) is 5.00 Å². The number of hydrogen-bond acceptors (Lipinski definition) is 7. The van der Waals surface area contributed by atoms with Gasteiger partial charge in [0.15, 0.2) is 5.82 Å². The molecule has 0 saturated carbocycles. The summed E-state index contributed by atoms with van der Waals surface area (Å²) in [5, 5.41) is 14.1. The van der Waals surface area contributed by atoms with Crippen LogP contribution in [0.3, 0.4) is 0 Å². The molecular formula is C12H14N6O2S. The lowest BCUT2D eigenvalue weighted by molar-refractivity contribution is 0.357. The number of rotatable bonds is 5. The van der Waals surface area contributed by atoms with Gasteiger partial charge in [-0.3, -0.25) is 0 Å². The fourth-order valence-electron chi connectivity index (χ4n) is 1.82. The van der Waals surface area contributed by atoms with E-state index in [9.17, 15) is 4.79 Å². The minimum absolute atomic E-state index is 0.145. The summed E-state index contributed by atoms with van der Waals surface area (Å²) < 4.78 is 7.60. The Kier molecular flexibility index (Phi) is 3.65. The van der Waals surface area contributed by atoms with Crippen molar-refractivity contribution in [3.05, 3.63) is 39.7 Å². The summed E-state index contributed by atoms with van der Waals surface area (Å²) in [6, 6.07) is 3.66. The molecule has 0 fully saturated rings. The van der Waals surface area contributed by atoms with Crippen LogP contribution in [0.25, 0.3) is 5.00 Å². The molecule has 0 amide bonds. The molecule has 3 heterocycles. The number of tetrazole rings is 1. The molecule has 0 atom stereocenters. The Morgan fingerprint density at radius 3 is 2.95 bits per heavy atom. The van der Waals surface area contributed by atoms with Crippen LogP contribution in [0.5, 0.6) is 0 Å². The maximum Gasteiger partial charge on any atom is 0.369 e. The van der Waals surface area contributed by atoms with Crippen LogP contribution in [0.4, 0.5) is 0 Å². The predicted molar refractivity (Wildman–Crippen MR) is 75.4 cm³/mol. The topological polar surface area (TPSA) is 91.6 Å². The van der Waals surface area contributed by atoms with Crippen molar-refractivity contribution in [2.45, 2.75) is 26.8 Å². The Morgan fingerprint density at radius 1 is 1.38 bits per heavy atom. The van der Waals surface area contributed by atoms with Crippen molar-refractivity contribution < 1.29 is 4.52 Å². The van der Waals surface area contributed by atoms with Crippen molar-refractivity contribution in [1.82, 2.24) is 29.9 Å². The molecule has 0 radical (unpaired) electrons. The fraction of sp³-hybridized carbons (Fsp3) is 0.417. The highest BCUT2D eigenvalue weighted by Crippen LogP contribution is 2.10. The minimum Gasteiger partial charge on any atom is -0.339 e. The molecular weight excluding hydrogens is 292 g/mol. The Morgan fingerprint density at radius 2 is 2.24 bits per heavy atom. The first-order valence-corrected chi connectivity index (χ1v) is 7.39. The standard InChI is InChI=1S/C12H14N6O2S/c1-8(2)6-10-13-9(14-20-10)7-17-12(19)18(16-15-17)11-4-3-5-21-11/h3-5,8H,6-7H2,1-2H3. The molecule has 3 rings (SSSR count).